The highest BCUT2D eigenvalue weighted by molar-refractivity contribution is 7.90. The Kier molecular flexibility index (Phi) is 12.0. The molecule has 1 aliphatic heterocycles. The average molecular weight is 769 g/mol. The van der Waals surface area contributed by atoms with E-state index in [4.69, 9.17) is 21.3 Å². The second-order valence-corrected chi connectivity index (χ2v) is 14.3. The Morgan fingerprint density at radius 2 is 1.60 bits per heavy atom. The third-order valence-corrected chi connectivity index (χ3v) is 9.40. The molecule has 1 atom stereocenters. The van der Waals surface area contributed by atoms with Gasteiger partial charge < -0.3 is 36.6 Å². The molecule has 5 aromatic rings. The number of ether oxygens (including phenoxy) is 1. The van der Waals surface area contributed by atoms with Gasteiger partial charge in [-0.05, 0) is 53.9 Å². The number of carbonyl (C=O) groups is 4. The lowest BCUT2D eigenvalue weighted by Crippen LogP contribution is -2.41. The van der Waals surface area contributed by atoms with E-state index in [1.807, 2.05) is 42.3 Å². The lowest BCUT2D eigenvalue weighted by molar-refractivity contribution is -0.140. The number of rotatable bonds is 12. The Morgan fingerprint density at radius 1 is 0.927 bits per heavy atom. The predicted octanol–water partition coefficient (Wildman–Crippen LogP) is 2.83. The standard InChI is InChI=1S/C20H22N8O5.C17H14O4S/c1-28(9-11-8-23-17-15(24-11)16(21)26-20(22)27-17)12-4-2-10(3-5-12)18(31)25-13(19(32)33)6-7-14(29)30;1-22(19,20)14-9-7-12(8-10-14)15-11-21-17(18)16(15)13-5-3-2-4-6-13/h2-5,8,13H,6-7,9H2,1H3,(H,25,31)(H,29,30)(H,32,33)(H4,21,22,23,26,27);2-10H,11H2,1H3/t13-;/m0./s1. The smallest absolute Gasteiger partial charge is 0.339 e. The maximum absolute atomic E-state index is 12.4. The van der Waals surface area contributed by atoms with Crippen molar-refractivity contribution in [1.29, 1.82) is 0 Å². The normalized spacial score (nSPS) is 13.0. The molecule has 0 radical (unpaired) electrons. The lowest BCUT2D eigenvalue weighted by atomic mass is 9.97. The van der Waals surface area contributed by atoms with Crippen LogP contribution in [0.25, 0.3) is 22.3 Å². The number of hydrogen-bond donors (Lipinski definition) is 5. The third kappa shape index (κ3) is 9.93. The fraction of sp³-hybridized carbons (Fsp3) is 0.189. The minimum absolute atomic E-state index is 0.0138. The van der Waals surface area contributed by atoms with Gasteiger partial charge in [-0.3, -0.25) is 9.59 Å². The zero-order valence-electron chi connectivity index (χ0n) is 29.5. The molecular formula is C37H36N8O9S. The highest BCUT2D eigenvalue weighted by Crippen LogP contribution is 2.33. The largest absolute Gasteiger partial charge is 0.481 e. The summed E-state index contributed by atoms with van der Waals surface area (Å²) in [6.07, 6.45) is 2.13. The molecule has 284 valence electrons. The summed E-state index contributed by atoms with van der Waals surface area (Å²) in [4.78, 5) is 65.0. The van der Waals surface area contributed by atoms with Gasteiger partial charge in [0.2, 0.25) is 5.95 Å². The van der Waals surface area contributed by atoms with Crippen LogP contribution in [-0.2, 0) is 35.5 Å². The first-order valence-corrected chi connectivity index (χ1v) is 18.4. The highest BCUT2D eigenvalue weighted by Gasteiger charge is 2.27. The Labute approximate surface area is 314 Å². The molecule has 6 rings (SSSR count). The van der Waals surface area contributed by atoms with Gasteiger partial charge in [-0.2, -0.15) is 9.97 Å². The number of nitrogens with one attached hydrogen (secondary N) is 1. The number of amides is 1. The van der Waals surface area contributed by atoms with Crippen molar-refractivity contribution in [3.8, 4) is 0 Å². The van der Waals surface area contributed by atoms with Crippen LogP contribution in [0.4, 0.5) is 17.5 Å². The van der Waals surface area contributed by atoms with Crippen molar-refractivity contribution in [3.05, 3.63) is 107 Å². The second-order valence-electron chi connectivity index (χ2n) is 12.3. The van der Waals surface area contributed by atoms with E-state index in [-0.39, 0.29) is 47.6 Å². The molecule has 17 nitrogen and oxygen atoms in total. The summed E-state index contributed by atoms with van der Waals surface area (Å²) in [7, 11) is -1.42. The summed E-state index contributed by atoms with van der Waals surface area (Å²) in [6, 6.07) is 21.0. The van der Waals surface area contributed by atoms with Gasteiger partial charge in [0, 0.05) is 36.5 Å². The first-order valence-electron chi connectivity index (χ1n) is 16.5. The molecule has 18 heteroatoms. The summed E-state index contributed by atoms with van der Waals surface area (Å²) in [5.74, 6) is -3.26. The fourth-order valence-electron chi connectivity index (χ4n) is 5.46. The van der Waals surface area contributed by atoms with Crippen LogP contribution in [0.1, 0.15) is 40.0 Å². The number of nitrogens with two attached hydrogens (primary N) is 2. The van der Waals surface area contributed by atoms with Gasteiger partial charge in [-0.25, -0.2) is 28.0 Å². The Hall–Kier alpha value is -6.95. The molecule has 0 spiro atoms. The van der Waals surface area contributed by atoms with Crippen LogP contribution in [0, 0.1) is 0 Å². The number of hydrogen-bond acceptors (Lipinski definition) is 14. The molecule has 0 aliphatic carbocycles. The Morgan fingerprint density at radius 3 is 2.22 bits per heavy atom. The predicted molar refractivity (Wildman–Crippen MR) is 202 cm³/mol. The second kappa shape index (κ2) is 16.8. The third-order valence-electron chi connectivity index (χ3n) is 8.27. The molecule has 0 fully saturated rings. The van der Waals surface area contributed by atoms with Crippen molar-refractivity contribution in [2.75, 3.05) is 36.3 Å². The highest BCUT2D eigenvalue weighted by atomic mass is 32.2. The van der Waals surface area contributed by atoms with Crippen LogP contribution in [0.3, 0.4) is 0 Å². The summed E-state index contributed by atoms with van der Waals surface area (Å²) >= 11 is 0. The van der Waals surface area contributed by atoms with Gasteiger partial charge >= 0.3 is 17.9 Å². The number of aromatic nitrogens is 4. The van der Waals surface area contributed by atoms with Gasteiger partial charge in [0.1, 0.15) is 12.6 Å². The van der Waals surface area contributed by atoms with E-state index in [1.54, 1.807) is 42.6 Å². The van der Waals surface area contributed by atoms with E-state index in [9.17, 15) is 32.7 Å². The van der Waals surface area contributed by atoms with Gasteiger partial charge in [-0.1, -0.05) is 42.5 Å². The molecule has 0 bridgehead atoms. The summed E-state index contributed by atoms with van der Waals surface area (Å²) < 4.78 is 28.2. The van der Waals surface area contributed by atoms with Crippen molar-refractivity contribution >= 4 is 73.4 Å². The molecule has 3 heterocycles. The van der Waals surface area contributed by atoms with Crippen molar-refractivity contribution in [2.24, 2.45) is 0 Å². The fourth-order valence-corrected chi connectivity index (χ4v) is 6.09. The van der Waals surface area contributed by atoms with E-state index in [2.05, 4.69) is 25.3 Å². The first-order chi connectivity index (χ1) is 26.1. The molecule has 0 saturated heterocycles. The van der Waals surface area contributed by atoms with Crippen LogP contribution in [0.15, 0.2) is 90.0 Å². The molecular weight excluding hydrogens is 733 g/mol. The minimum Gasteiger partial charge on any atom is -0.481 e. The van der Waals surface area contributed by atoms with Crippen molar-refractivity contribution in [1.82, 2.24) is 25.3 Å². The summed E-state index contributed by atoms with van der Waals surface area (Å²) in [5, 5.41) is 20.2. The molecule has 0 unspecified atom stereocenters. The Bertz CT molecular complexity index is 2390. The number of nitrogen functional groups attached to an aromatic ring is 2. The molecule has 1 aliphatic rings. The van der Waals surface area contributed by atoms with Crippen LogP contribution >= 0.6 is 0 Å². The van der Waals surface area contributed by atoms with E-state index in [0.29, 0.717) is 29.0 Å². The van der Waals surface area contributed by atoms with Gasteiger partial charge in [0.15, 0.2) is 26.8 Å². The number of carboxylic acids is 2. The van der Waals surface area contributed by atoms with Crippen LogP contribution in [-0.4, -0.2) is 88.3 Å². The monoisotopic (exact) mass is 768 g/mol. The maximum atomic E-state index is 12.4. The molecule has 3 aromatic carbocycles. The number of aliphatic carboxylic acids is 2. The van der Waals surface area contributed by atoms with Crippen molar-refractivity contribution in [2.45, 2.75) is 30.3 Å². The van der Waals surface area contributed by atoms with Gasteiger partial charge in [0.25, 0.3) is 5.91 Å². The van der Waals surface area contributed by atoms with Crippen molar-refractivity contribution < 1.29 is 42.5 Å². The average Bonchev–Trinajstić information content (AvgIpc) is 3.54. The van der Waals surface area contributed by atoms with Gasteiger partial charge in [0.05, 0.1) is 28.9 Å². The van der Waals surface area contributed by atoms with Crippen LogP contribution in [0.5, 0.6) is 0 Å². The Balaban J connectivity index is 0.000000228. The number of carbonyl (C=O) groups excluding carboxylic acids is 2. The van der Waals surface area contributed by atoms with E-state index >= 15 is 0 Å². The minimum atomic E-state index is -3.23. The van der Waals surface area contributed by atoms with E-state index in [0.717, 1.165) is 22.4 Å². The number of sulfone groups is 1. The van der Waals surface area contributed by atoms with Crippen LogP contribution < -0.4 is 21.7 Å². The number of esters is 1. The number of nitrogens with zero attached hydrogens (tertiary/aromatic N) is 5. The molecule has 55 heavy (non-hydrogen) atoms. The zero-order valence-corrected chi connectivity index (χ0v) is 30.4. The number of benzene rings is 3. The maximum Gasteiger partial charge on any atom is 0.339 e. The lowest BCUT2D eigenvalue weighted by Gasteiger charge is -2.19. The SMILES string of the molecule is CN(Cc1cnc2nc(N)nc(N)c2n1)c1ccc(C(=O)N[C@@H](CCC(=O)O)C(=O)O)cc1.CS(=O)(=O)c1ccc(C2=C(c3ccccc3)C(=O)OC2)cc1. The van der Waals surface area contributed by atoms with E-state index in [1.165, 1.54) is 18.4 Å². The molecule has 1 amide bonds. The molecule has 7 N–H and O–H groups in total. The summed E-state index contributed by atoms with van der Waals surface area (Å²) in [5.41, 5.74) is 16.6. The molecule has 2 aromatic heterocycles. The summed E-state index contributed by atoms with van der Waals surface area (Å²) in [6.45, 7) is 0.565. The number of fused-ring (bicyclic) bond motifs is 1. The van der Waals surface area contributed by atoms with E-state index < -0.39 is 33.7 Å². The van der Waals surface area contributed by atoms with Crippen molar-refractivity contribution in [3.63, 3.8) is 0 Å². The van der Waals surface area contributed by atoms with Gasteiger partial charge in [-0.15, -0.1) is 0 Å². The van der Waals surface area contributed by atoms with Crippen LogP contribution in [0.2, 0.25) is 0 Å². The first kappa shape index (κ1) is 39.3. The number of carboxylic acid groups (broad SMARTS) is 2. The molecule has 0 saturated carbocycles. The zero-order chi connectivity index (χ0) is 39.9. The number of anilines is 3. The number of cyclic esters (lactones) is 1. The quantitative estimate of drug-likeness (QED) is 0.114. The topological polar surface area (TPSA) is 271 Å².